The van der Waals surface area contributed by atoms with Crippen LogP contribution in [0.4, 0.5) is 0 Å². The second kappa shape index (κ2) is 8.00. The third kappa shape index (κ3) is 3.87. The van der Waals surface area contributed by atoms with Gasteiger partial charge in [0.15, 0.2) is 11.5 Å². The maximum atomic E-state index is 9.46. The van der Waals surface area contributed by atoms with Crippen molar-refractivity contribution in [1.29, 1.82) is 5.26 Å². The van der Waals surface area contributed by atoms with Crippen molar-refractivity contribution in [2.24, 2.45) is 0 Å². The van der Waals surface area contributed by atoms with Gasteiger partial charge in [0.2, 0.25) is 0 Å². The molecule has 0 aliphatic heterocycles. The standard InChI is InChI=1S/C18H13BrN2O2S2/c1-22-16-7-14-15(8-17(16)23-2)21-10-11(9-20)18(14)25-24-13-5-3-12(19)4-6-13/h3-8,10H,1-2H3. The fraction of sp³-hybridized carbons (Fsp3) is 0.111. The summed E-state index contributed by atoms with van der Waals surface area (Å²) >= 11 is 3.43. The molecule has 0 aliphatic carbocycles. The molecular weight excluding hydrogens is 420 g/mol. The number of nitriles is 1. The smallest absolute Gasteiger partial charge is 0.162 e. The van der Waals surface area contributed by atoms with E-state index >= 15 is 0 Å². The highest BCUT2D eigenvalue weighted by atomic mass is 79.9. The molecule has 0 bridgehead atoms. The van der Waals surface area contributed by atoms with Crippen molar-refractivity contribution in [2.75, 3.05) is 14.2 Å². The minimum atomic E-state index is 0.536. The molecule has 0 unspecified atom stereocenters. The zero-order chi connectivity index (χ0) is 17.8. The van der Waals surface area contributed by atoms with E-state index in [0.29, 0.717) is 17.1 Å². The molecule has 1 aromatic heterocycles. The average molecular weight is 433 g/mol. The van der Waals surface area contributed by atoms with Crippen molar-refractivity contribution in [3.63, 3.8) is 0 Å². The van der Waals surface area contributed by atoms with E-state index in [9.17, 15) is 5.26 Å². The van der Waals surface area contributed by atoms with Crippen molar-refractivity contribution in [1.82, 2.24) is 4.98 Å². The minimum Gasteiger partial charge on any atom is -0.493 e. The summed E-state index contributed by atoms with van der Waals surface area (Å²) in [5.41, 5.74) is 1.30. The lowest BCUT2D eigenvalue weighted by Crippen LogP contribution is -1.93. The largest absolute Gasteiger partial charge is 0.493 e. The van der Waals surface area contributed by atoms with Crippen LogP contribution in [0.2, 0.25) is 0 Å². The van der Waals surface area contributed by atoms with E-state index in [-0.39, 0.29) is 0 Å². The van der Waals surface area contributed by atoms with Gasteiger partial charge in [-0.05, 0) is 30.3 Å². The van der Waals surface area contributed by atoms with Gasteiger partial charge in [0.1, 0.15) is 6.07 Å². The Balaban J connectivity index is 2.04. The first kappa shape index (κ1) is 17.9. The van der Waals surface area contributed by atoms with Crippen LogP contribution in [0, 0.1) is 11.3 Å². The fourth-order valence-electron chi connectivity index (χ4n) is 2.24. The molecule has 126 valence electrons. The lowest BCUT2D eigenvalue weighted by Gasteiger charge is -2.12. The first-order chi connectivity index (χ1) is 12.2. The van der Waals surface area contributed by atoms with E-state index in [1.807, 2.05) is 36.4 Å². The number of nitrogens with zero attached hydrogens (tertiary/aromatic N) is 2. The zero-order valence-electron chi connectivity index (χ0n) is 13.4. The zero-order valence-corrected chi connectivity index (χ0v) is 16.7. The highest BCUT2D eigenvalue weighted by molar-refractivity contribution is 9.10. The number of hydrogen-bond donors (Lipinski definition) is 0. The summed E-state index contributed by atoms with van der Waals surface area (Å²) < 4.78 is 11.8. The van der Waals surface area contributed by atoms with Crippen LogP contribution in [0.1, 0.15) is 5.56 Å². The number of methoxy groups -OCH3 is 2. The molecule has 3 aromatic rings. The van der Waals surface area contributed by atoms with Crippen molar-refractivity contribution >= 4 is 48.4 Å². The maximum absolute atomic E-state index is 9.46. The summed E-state index contributed by atoms with van der Waals surface area (Å²) in [5.74, 6) is 1.23. The van der Waals surface area contributed by atoms with Crippen molar-refractivity contribution < 1.29 is 9.47 Å². The number of ether oxygens (including phenoxy) is 2. The molecule has 0 aliphatic rings. The van der Waals surface area contributed by atoms with E-state index in [4.69, 9.17) is 9.47 Å². The third-order valence-corrected chi connectivity index (χ3v) is 6.49. The molecule has 0 saturated carbocycles. The summed E-state index contributed by atoms with van der Waals surface area (Å²) in [6.45, 7) is 0. The van der Waals surface area contributed by atoms with Gasteiger partial charge in [-0.3, -0.25) is 4.98 Å². The molecular formula is C18H13BrN2O2S2. The Bertz CT molecular complexity index is 956. The van der Waals surface area contributed by atoms with Gasteiger partial charge < -0.3 is 9.47 Å². The van der Waals surface area contributed by atoms with E-state index in [1.165, 1.54) is 10.8 Å². The number of rotatable bonds is 5. The van der Waals surface area contributed by atoms with Gasteiger partial charge in [-0.2, -0.15) is 5.26 Å². The average Bonchev–Trinajstić information content (AvgIpc) is 2.65. The van der Waals surface area contributed by atoms with Crippen LogP contribution in [0.3, 0.4) is 0 Å². The predicted octanol–water partition coefficient (Wildman–Crippen LogP) is 5.69. The second-order valence-electron chi connectivity index (χ2n) is 4.96. The summed E-state index contributed by atoms with van der Waals surface area (Å²) in [7, 11) is 6.31. The van der Waals surface area contributed by atoms with E-state index in [1.54, 1.807) is 31.2 Å². The molecule has 7 heteroatoms. The normalized spacial score (nSPS) is 10.5. The van der Waals surface area contributed by atoms with Gasteiger partial charge in [0, 0.05) is 31.9 Å². The van der Waals surface area contributed by atoms with Gasteiger partial charge in [0.05, 0.1) is 25.3 Å². The van der Waals surface area contributed by atoms with Crippen molar-refractivity contribution in [3.05, 3.63) is 52.6 Å². The minimum absolute atomic E-state index is 0.536. The lowest BCUT2D eigenvalue weighted by molar-refractivity contribution is 0.355. The van der Waals surface area contributed by atoms with Gasteiger partial charge in [0.25, 0.3) is 0 Å². The highest BCUT2D eigenvalue weighted by Gasteiger charge is 2.14. The number of aromatic nitrogens is 1. The van der Waals surface area contributed by atoms with Crippen LogP contribution < -0.4 is 9.47 Å². The Morgan fingerprint density at radius 1 is 1.04 bits per heavy atom. The Kier molecular flexibility index (Phi) is 5.74. The first-order valence-corrected chi connectivity index (χ1v) is 10.2. The topological polar surface area (TPSA) is 55.1 Å². The van der Waals surface area contributed by atoms with Crippen LogP contribution in [-0.4, -0.2) is 19.2 Å². The SMILES string of the molecule is COc1cc2ncc(C#N)c(SSc3ccc(Br)cc3)c2cc1OC. The highest BCUT2D eigenvalue weighted by Crippen LogP contribution is 2.44. The van der Waals surface area contributed by atoms with Gasteiger partial charge in [-0.1, -0.05) is 37.5 Å². The third-order valence-electron chi connectivity index (χ3n) is 3.48. The second-order valence-corrected chi connectivity index (χ2v) is 8.09. The van der Waals surface area contributed by atoms with Gasteiger partial charge in [-0.25, -0.2) is 0 Å². The number of pyridine rings is 1. The van der Waals surface area contributed by atoms with Crippen LogP contribution in [0.5, 0.6) is 11.5 Å². The van der Waals surface area contributed by atoms with Crippen molar-refractivity contribution in [2.45, 2.75) is 9.79 Å². The summed E-state index contributed by atoms with van der Waals surface area (Å²) in [5, 5.41) is 10.3. The molecule has 2 aromatic carbocycles. The molecule has 0 spiro atoms. The summed E-state index contributed by atoms with van der Waals surface area (Å²) in [6, 6.07) is 14.0. The monoisotopic (exact) mass is 432 g/mol. The fourth-order valence-corrected chi connectivity index (χ4v) is 4.79. The molecule has 0 amide bonds. The lowest BCUT2D eigenvalue weighted by atomic mass is 10.1. The molecule has 0 radical (unpaired) electrons. The number of halogens is 1. The summed E-state index contributed by atoms with van der Waals surface area (Å²) in [4.78, 5) is 6.34. The molecule has 0 saturated heterocycles. The Hall–Kier alpha value is -1.88. The quantitative estimate of drug-likeness (QED) is 0.482. The number of hydrogen-bond acceptors (Lipinski definition) is 6. The number of benzene rings is 2. The van der Waals surface area contributed by atoms with E-state index in [2.05, 4.69) is 27.0 Å². The predicted molar refractivity (Wildman–Crippen MR) is 105 cm³/mol. The molecule has 1 heterocycles. The molecule has 0 atom stereocenters. The molecule has 0 N–H and O–H groups in total. The van der Waals surface area contributed by atoms with Crippen LogP contribution >= 0.6 is 37.5 Å². The molecule has 0 fully saturated rings. The van der Waals surface area contributed by atoms with Crippen molar-refractivity contribution in [3.8, 4) is 17.6 Å². The van der Waals surface area contributed by atoms with Gasteiger partial charge >= 0.3 is 0 Å². The number of fused-ring (bicyclic) bond motifs is 1. The Labute approximate surface area is 162 Å². The van der Waals surface area contributed by atoms with Crippen LogP contribution in [-0.2, 0) is 0 Å². The van der Waals surface area contributed by atoms with Crippen LogP contribution in [0.25, 0.3) is 10.9 Å². The molecule has 4 nitrogen and oxygen atoms in total. The van der Waals surface area contributed by atoms with Gasteiger partial charge in [-0.15, -0.1) is 0 Å². The van der Waals surface area contributed by atoms with E-state index < -0.39 is 0 Å². The first-order valence-electron chi connectivity index (χ1n) is 7.21. The van der Waals surface area contributed by atoms with Crippen LogP contribution in [0.15, 0.2) is 56.9 Å². The summed E-state index contributed by atoms with van der Waals surface area (Å²) in [6.07, 6.45) is 1.60. The molecule has 25 heavy (non-hydrogen) atoms. The van der Waals surface area contributed by atoms with E-state index in [0.717, 1.165) is 25.2 Å². The maximum Gasteiger partial charge on any atom is 0.162 e. The Morgan fingerprint density at radius 2 is 1.72 bits per heavy atom. The Morgan fingerprint density at radius 3 is 2.36 bits per heavy atom. The molecule has 3 rings (SSSR count).